The smallest absolute Gasteiger partial charge is 0.374 e. The number of nitrogens with one attached hydrogen (secondary N) is 1. The predicted molar refractivity (Wildman–Crippen MR) is 144 cm³/mol. The van der Waals surface area contributed by atoms with E-state index in [1.807, 2.05) is 29.4 Å². The van der Waals surface area contributed by atoms with Crippen LogP contribution in [0.3, 0.4) is 0 Å². The summed E-state index contributed by atoms with van der Waals surface area (Å²) in [6, 6.07) is 11.1. The predicted octanol–water partition coefficient (Wildman–Crippen LogP) is 2.46. The molecule has 2 aliphatic heterocycles. The van der Waals surface area contributed by atoms with E-state index in [-0.39, 0.29) is 51.1 Å². The van der Waals surface area contributed by atoms with Crippen LogP contribution in [-0.4, -0.2) is 72.0 Å². The summed E-state index contributed by atoms with van der Waals surface area (Å²) in [7, 11) is 0. The lowest BCUT2D eigenvalue weighted by molar-refractivity contribution is -0.138. The van der Waals surface area contributed by atoms with Gasteiger partial charge in [-0.2, -0.15) is 23.5 Å². The molecule has 3 aromatic rings. The van der Waals surface area contributed by atoms with Gasteiger partial charge in [0.15, 0.2) is 0 Å². The van der Waals surface area contributed by atoms with E-state index in [0.29, 0.717) is 31.7 Å². The van der Waals surface area contributed by atoms with Crippen LogP contribution in [0.5, 0.6) is 0 Å². The lowest BCUT2D eigenvalue weighted by Crippen LogP contribution is -2.50. The number of hydrogen-bond acceptors (Lipinski definition) is 9. The first-order chi connectivity index (χ1) is 20.2. The van der Waals surface area contributed by atoms with Crippen LogP contribution in [0.1, 0.15) is 27.8 Å². The van der Waals surface area contributed by atoms with E-state index >= 15 is 0 Å². The number of benzene rings is 1. The molecular formula is C28H28F3N7O4. The zero-order valence-corrected chi connectivity index (χ0v) is 22.6. The van der Waals surface area contributed by atoms with Crippen LogP contribution in [-0.2, 0) is 40.1 Å². The molecule has 220 valence electrons. The molecule has 0 saturated carbocycles. The standard InChI is InChI=1S/C28H28F3N7O4/c29-28(30,31)26-23(14-34-35-27(26)40)38-15-20-2-1-3-21(22(20)16-38)17-41-10-11-42-18-25(39)37-8-6-36(7-9-37)24-5-4-19(12-32)13-33-24/h1-5,13-14H,6-11,15-18H2,(H,35,40). The zero-order chi connectivity index (χ0) is 29.7. The molecule has 0 aliphatic carbocycles. The number of rotatable bonds is 9. The summed E-state index contributed by atoms with van der Waals surface area (Å²) < 4.78 is 51.9. The van der Waals surface area contributed by atoms with E-state index in [2.05, 4.69) is 15.0 Å². The maximum atomic E-state index is 13.6. The molecule has 1 amide bonds. The third-order valence-electron chi connectivity index (χ3n) is 7.23. The Bertz CT molecular complexity index is 1510. The average Bonchev–Trinajstić information content (AvgIpc) is 3.43. The lowest BCUT2D eigenvalue weighted by atomic mass is 10.0. The molecule has 4 heterocycles. The van der Waals surface area contributed by atoms with Crippen LogP contribution in [0, 0.1) is 11.3 Å². The van der Waals surface area contributed by atoms with Crippen LogP contribution in [0.15, 0.2) is 47.5 Å². The number of nitrogens with zero attached hydrogens (tertiary/aromatic N) is 6. The average molecular weight is 584 g/mol. The van der Waals surface area contributed by atoms with Gasteiger partial charge in [-0.15, -0.1) is 0 Å². The summed E-state index contributed by atoms with van der Waals surface area (Å²) in [6.45, 7) is 3.30. The van der Waals surface area contributed by atoms with Crippen molar-refractivity contribution in [3.05, 3.63) is 80.9 Å². The molecule has 1 saturated heterocycles. The van der Waals surface area contributed by atoms with E-state index in [9.17, 15) is 22.8 Å². The van der Waals surface area contributed by atoms with E-state index in [1.165, 1.54) is 11.1 Å². The van der Waals surface area contributed by atoms with Crippen LogP contribution in [0.4, 0.5) is 24.7 Å². The largest absolute Gasteiger partial charge is 0.423 e. The fourth-order valence-electron chi connectivity index (χ4n) is 5.07. The highest BCUT2D eigenvalue weighted by atomic mass is 19.4. The Morgan fingerprint density at radius 2 is 1.81 bits per heavy atom. The Morgan fingerprint density at radius 1 is 1.02 bits per heavy atom. The van der Waals surface area contributed by atoms with Gasteiger partial charge < -0.3 is 24.2 Å². The van der Waals surface area contributed by atoms with E-state index < -0.39 is 17.3 Å². The van der Waals surface area contributed by atoms with Gasteiger partial charge in [-0.3, -0.25) is 9.59 Å². The molecule has 1 N–H and O–H groups in total. The summed E-state index contributed by atoms with van der Waals surface area (Å²) in [6.07, 6.45) is -2.26. The van der Waals surface area contributed by atoms with Crippen molar-refractivity contribution in [2.45, 2.75) is 25.9 Å². The normalized spacial score (nSPS) is 15.0. The first-order valence-electron chi connectivity index (χ1n) is 13.3. The molecule has 42 heavy (non-hydrogen) atoms. The summed E-state index contributed by atoms with van der Waals surface area (Å²) in [5.41, 5.74) is 0.210. The second-order valence-electron chi connectivity index (χ2n) is 9.86. The van der Waals surface area contributed by atoms with Crippen molar-refractivity contribution in [3.63, 3.8) is 0 Å². The number of aromatic amines is 1. The Balaban J connectivity index is 1.05. The molecule has 0 unspecified atom stereocenters. The van der Waals surface area contributed by atoms with E-state index in [4.69, 9.17) is 14.7 Å². The van der Waals surface area contributed by atoms with Crippen LogP contribution in [0.2, 0.25) is 0 Å². The number of anilines is 2. The molecular weight excluding hydrogens is 555 g/mol. The first kappa shape index (κ1) is 29.0. The van der Waals surface area contributed by atoms with Gasteiger partial charge in [0.1, 0.15) is 24.1 Å². The second-order valence-corrected chi connectivity index (χ2v) is 9.86. The summed E-state index contributed by atoms with van der Waals surface area (Å²) >= 11 is 0. The number of hydrogen-bond donors (Lipinski definition) is 1. The number of fused-ring (bicyclic) bond motifs is 1. The number of halogens is 3. The lowest BCUT2D eigenvalue weighted by Gasteiger charge is -2.35. The van der Waals surface area contributed by atoms with Crippen LogP contribution < -0.4 is 15.4 Å². The summed E-state index contributed by atoms with van der Waals surface area (Å²) in [5.74, 6) is 0.653. The number of aromatic nitrogens is 3. The van der Waals surface area contributed by atoms with Gasteiger partial charge in [0, 0.05) is 45.5 Å². The van der Waals surface area contributed by atoms with Gasteiger partial charge in [0.25, 0.3) is 5.56 Å². The van der Waals surface area contributed by atoms with Gasteiger partial charge >= 0.3 is 6.18 Å². The molecule has 0 spiro atoms. The van der Waals surface area contributed by atoms with Gasteiger partial charge in [-0.25, -0.2) is 10.1 Å². The third-order valence-corrected chi connectivity index (χ3v) is 7.23. The van der Waals surface area contributed by atoms with Crippen LogP contribution >= 0.6 is 0 Å². The number of carbonyl (C=O) groups excluding carboxylic acids is 1. The molecule has 2 aromatic heterocycles. The fraction of sp³-hybridized carbons (Fsp3) is 0.393. The molecule has 5 rings (SSSR count). The molecule has 1 fully saturated rings. The zero-order valence-electron chi connectivity index (χ0n) is 22.6. The molecule has 0 atom stereocenters. The number of piperazine rings is 1. The van der Waals surface area contributed by atoms with Crippen molar-refractivity contribution >= 4 is 17.4 Å². The summed E-state index contributed by atoms with van der Waals surface area (Å²) in [4.78, 5) is 34.0. The number of ether oxygens (including phenoxy) is 2. The minimum atomic E-state index is -4.81. The third kappa shape index (κ3) is 6.53. The van der Waals surface area contributed by atoms with Crippen molar-refractivity contribution in [2.75, 3.05) is 55.8 Å². The van der Waals surface area contributed by atoms with Gasteiger partial charge in [0.2, 0.25) is 5.91 Å². The molecule has 14 heteroatoms. The molecule has 0 bridgehead atoms. The molecule has 2 aliphatic rings. The minimum Gasteiger partial charge on any atom is -0.374 e. The van der Waals surface area contributed by atoms with Gasteiger partial charge in [0.05, 0.1) is 37.3 Å². The number of carbonyl (C=O) groups is 1. The van der Waals surface area contributed by atoms with Crippen LogP contribution in [0.25, 0.3) is 0 Å². The van der Waals surface area contributed by atoms with Crippen molar-refractivity contribution in [1.29, 1.82) is 5.26 Å². The fourth-order valence-corrected chi connectivity index (χ4v) is 5.07. The topological polar surface area (TPSA) is 128 Å². The quantitative estimate of drug-likeness (QED) is 0.378. The highest BCUT2D eigenvalue weighted by Gasteiger charge is 2.39. The monoisotopic (exact) mass is 583 g/mol. The SMILES string of the molecule is N#Cc1ccc(N2CCN(C(=O)COCCOCc3cccc4c3CN(c3cn[nH]c(=O)c3C(F)(F)F)C4)CC2)nc1. The number of nitriles is 1. The van der Waals surface area contributed by atoms with Crippen molar-refractivity contribution in [2.24, 2.45) is 0 Å². The molecule has 1 aromatic carbocycles. The Hall–Kier alpha value is -4.48. The highest BCUT2D eigenvalue weighted by molar-refractivity contribution is 5.77. The Morgan fingerprint density at radius 3 is 2.52 bits per heavy atom. The summed E-state index contributed by atoms with van der Waals surface area (Å²) in [5, 5.41) is 14.3. The van der Waals surface area contributed by atoms with E-state index in [1.54, 1.807) is 17.0 Å². The van der Waals surface area contributed by atoms with Crippen molar-refractivity contribution in [1.82, 2.24) is 20.1 Å². The second kappa shape index (κ2) is 12.6. The van der Waals surface area contributed by atoms with Crippen molar-refractivity contribution in [3.8, 4) is 6.07 Å². The van der Waals surface area contributed by atoms with E-state index in [0.717, 1.165) is 28.7 Å². The molecule has 0 radical (unpaired) electrons. The number of alkyl halides is 3. The van der Waals surface area contributed by atoms with Crippen molar-refractivity contribution < 1.29 is 27.4 Å². The van der Waals surface area contributed by atoms with Gasteiger partial charge in [-0.05, 0) is 28.8 Å². The highest BCUT2D eigenvalue weighted by Crippen LogP contribution is 2.37. The Kier molecular flexibility index (Phi) is 8.69. The number of H-pyrrole nitrogens is 1. The Labute approximate surface area is 239 Å². The maximum absolute atomic E-state index is 13.6. The maximum Gasteiger partial charge on any atom is 0.423 e. The minimum absolute atomic E-state index is 0.0695. The number of pyridine rings is 1. The van der Waals surface area contributed by atoms with Gasteiger partial charge in [-0.1, -0.05) is 18.2 Å². The first-order valence-corrected chi connectivity index (χ1v) is 13.3. The molecule has 11 nitrogen and oxygen atoms in total. The number of amides is 1.